The molecule has 0 amide bonds. The summed E-state index contributed by atoms with van der Waals surface area (Å²) in [6, 6.07) is 6.12. The van der Waals surface area contributed by atoms with Crippen LogP contribution >= 0.6 is 0 Å². The lowest BCUT2D eigenvalue weighted by Gasteiger charge is -2.32. The second-order valence-electron chi connectivity index (χ2n) is 5.43. The molecule has 2 aliphatic heterocycles. The molecule has 0 radical (unpaired) electrons. The largest absolute Gasteiger partial charge is 0.496 e. The van der Waals surface area contributed by atoms with Crippen LogP contribution in [0.5, 0.6) is 11.5 Å². The summed E-state index contributed by atoms with van der Waals surface area (Å²) in [5.74, 6) is 3.27. The van der Waals surface area contributed by atoms with Crippen LogP contribution in [0.4, 0.5) is 0 Å². The Balaban J connectivity index is 1.85. The number of hydrogen-bond acceptors (Lipinski definition) is 3. The highest BCUT2D eigenvalue weighted by Crippen LogP contribution is 2.46. The first-order valence-corrected chi connectivity index (χ1v) is 6.78. The van der Waals surface area contributed by atoms with Crippen molar-refractivity contribution < 1.29 is 9.47 Å². The smallest absolute Gasteiger partial charge is 0.126 e. The van der Waals surface area contributed by atoms with E-state index in [1.54, 1.807) is 7.11 Å². The van der Waals surface area contributed by atoms with Crippen LogP contribution < -0.4 is 9.47 Å². The fourth-order valence-corrected chi connectivity index (χ4v) is 3.26. The van der Waals surface area contributed by atoms with E-state index in [9.17, 15) is 0 Å². The molecule has 98 valence electrons. The Bertz CT molecular complexity index is 425. The van der Waals surface area contributed by atoms with Crippen molar-refractivity contribution in [3.63, 3.8) is 0 Å². The van der Waals surface area contributed by atoms with E-state index in [1.807, 2.05) is 6.07 Å². The van der Waals surface area contributed by atoms with Crippen molar-refractivity contribution in [2.45, 2.75) is 18.8 Å². The molecule has 0 saturated carbocycles. The molecule has 1 unspecified atom stereocenters. The number of methoxy groups -OCH3 is 1. The quantitative estimate of drug-likeness (QED) is 0.801. The molecule has 2 heterocycles. The van der Waals surface area contributed by atoms with Gasteiger partial charge in [0.25, 0.3) is 0 Å². The van der Waals surface area contributed by atoms with Crippen molar-refractivity contribution in [1.29, 1.82) is 0 Å². The fourth-order valence-electron chi connectivity index (χ4n) is 3.26. The van der Waals surface area contributed by atoms with E-state index in [0.717, 1.165) is 24.0 Å². The van der Waals surface area contributed by atoms with Crippen molar-refractivity contribution >= 4 is 0 Å². The third kappa shape index (κ3) is 1.97. The number of piperidine rings is 1. The maximum atomic E-state index is 5.84. The van der Waals surface area contributed by atoms with E-state index in [-0.39, 0.29) is 0 Å². The summed E-state index contributed by atoms with van der Waals surface area (Å²) < 4.78 is 11.3. The number of nitrogens with zero attached hydrogens (tertiary/aromatic N) is 1. The van der Waals surface area contributed by atoms with E-state index >= 15 is 0 Å². The fraction of sp³-hybridized carbons (Fsp3) is 0.600. The number of likely N-dealkylation sites (tertiary alicyclic amines) is 1. The molecule has 2 aliphatic rings. The second kappa shape index (κ2) is 4.81. The highest BCUT2D eigenvalue weighted by atomic mass is 16.5. The molecule has 1 aromatic rings. The number of hydrogen-bond donors (Lipinski definition) is 0. The van der Waals surface area contributed by atoms with Gasteiger partial charge in [0.15, 0.2) is 0 Å². The third-order valence-corrected chi connectivity index (χ3v) is 4.37. The van der Waals surface area contributed by atoms with Gasteiger partial charge in [-0.3, -0.25) is 0 Å². The van der Waals surface area contributed by atoms with Crippen molar-refractivity contribution in [2.24, 2.45) is 5.92 Å². The van der Waals surface area contributed by atoms with Crippen LogP contribution in [0.25, 0.3) is 0 Å². The Morgan fingerprint density at radius 3 is 2.78 bits per heavy atom. The summed E-state index contributed by atoms with van der Waals surface area (Å²) in [7, 11) is 3.95. The van der Waals surface area contributed by atoms with Gasteiger partial charge in [-0.15, -0.1) is 0 Å². The minimum Gasteiger partial charge on any atom is -0.496 e. The van der Waals surface area contributed by atoms with Crippen LogP contribution in [0, 0.1) is 5.92 Å². The van der Waals surface area contributed by atoms with Crippen LogP contribution in [-0.4, -0.2) is 38.8 Å². The van der Waals surface area contributed by atoms with Gasteiger partial charge in [0.2, 0.25) is 0 Å². The molecule has 0 aromatic heterocycles. The van der Waals surface area contributed by atoms with Crippen LogP contribution in [0.15, 0.2) is 18.2 Å². The van der Waals surface area contributed by atoms with Gasteiger partial charge < -0.3 is 14.4 Å². The van der Waals surface area contributed by atoms with Crippen molar-refractivity contribution in [3.05, 3.63) is 23.8 Å². The number of rotatable bonds is 2. The van der Waals surface area contributed by atoms with Gasteiger partial charge in [-0.25, -0.2) is 0 Å². The molecule has 3 rings (SSSR count). The van der Waals surface area contributed by atoms with Gasteiger partial charge in [0.05, 0.1) is 13.7 Å². The Morgan fingerprint density at radius 2 is 2.06 bits per heavy atom. The lowest BCUT2D eigenvalue weighted by Crippen LogP contribution is -2.33. The zero-order valence-corrected chi connectivity index (χ0v) is 11.2. The molecule has 0 N–H and O–H groups in total. The molecule has 3 heteroatoms. The normalized spacial score (nSPS) is 24.7. The van der Waals surface area contributed by atoms with Gasteiger partial charge in [-0.05, 0) is 51.0 Å². The lowest BCUT2D eigenvalue weighted by molar-refractivity contribution is 0.181. The Morgan fingerprint density at radius 1 is 1.28 bits per heavy atom. The molecule has 1 aromatic carbocycles. The summed E-state index contributed by atoms with van der Waals surface area (Å²) in [6.07, 6.45) is 2.53. The summed E-state index contributed by atoms with van der Waals surface area (Å²) in [6.45, 7) is 3.22. The van der Waals surface area contributed by atoms with Crippen molar-refractivity contribution in [3.8, 4) is 11.5 Å². The molecular weight excluding hydrogens is 226 g/mol. The maximum Gasteiger partial charge on any atom is 0.126 e. The Hall–Kier alpha value is -1.22. The van der Waals surface area contributed by atoms with E-state index in [4.69, 9.17) is 9.47 Å². The summed E-state index contributed by atoms with van der Waals surface area (Å²) in [5, 5.41) is 0. The highest BCUT2D eigenvalue weighted by Gasteiger charge is 2.35. The Labute approximate surface area is 109 Å². The first kappa shape index (κ1) is 11.8. The average Bonchev–Trinajstić information content (AvgIpc) is 2.83. The lowest BCUT2D eigenvalue weighted by atomic mass is 9.81. The zero-order valence-electron chi connectivity index (χ0n) is 11.2. The Kier molecular flexibility index (Phi) is 3.16. The molecular formula is C15H21NO2. The number of ether oxygens (including phenoxy) is 2. The first-order valence-electron chi connectivity index (χ1n) is 6.78. The molecule has 0 spiro atoms. The molecule has 1 saturated heterocycles. The molecule has 1 fully saturated rings. The zero-order chi connectivity index (χ0) is 12.5. The maximum absolute atomic E-state index is 5.84. The van der Waals surface area contributed by atoms with Gasteiger partial charge >= 0.3 is 0 Å². The molecule has 0 aliphatic carbocycles. The SMILES string of the molecule is COc1cccc2c1C(C1CCN(C)CC1)CO2. The van der Waals surface area contributed by atoms with Crippen molar-refractivity contribution in [1.82, 2.24) is 4.90 Å². The second-order valence-corrected chi connectivity index (χ2v) is 5.43. The van der Waals surface area contributed by atoms with Gasteiger partial charge in [-0.1, -0.05) is 6.07 Å². The number of benzene rings is 1. The molecule has 0 bridgehead atoms. The van der Waals surface area contributed by atoms with Gasteiger partial charge in [-0.2, -0.15) is 0 Å². The van der Waals surface area contributed by atoms with Gasteiger partial charge in [0.1, 0.15) is 11.5 Å². The summed E-state index contributed by atoms with van der Waals surface area (Å²) in [5.41, 5.74) is 1.30. The van der Waals surface area contributed by atoms with Crippen LogP contribution in [-0.2, 0) is 0 Å². The van der Waals surface area contributed by atoms with Crippen LogP contribution in [0.2, 0.25) is 0 Å². The van der Waals surface area contributed by atoms with E-state index in [1.165, 1.54) is 31.5 Å². The predicted molar refractivity (Wildman–Crippen MR) is 71.5 cm³/mol. The van der Waals surface area contributed by atoms with Crippen LogP contribution in [0.1, 0.15) is 24.3 Å². The number of fused-ring (bicyclic) bond motifs is 1. The summed E-state index contributed by atoms with van der Waals surface area (Å²) >= 11 is 0. The van der Waals surface area contributed by atoms with Gasteiger partial charge in [0, 0.05) is 11.5 Å². The van der Waals surface area contributed by atoms with E-state index < -0.39 is 0 Å². The monoisotopic (exact) mass is 247 g/mol. The summed E-state index contributed by atoms with van der Waals surface area (Å²) in [4.78, 5) is 2.41. The molecule has 18 heavy (non-hydrogen) atoms. The average molecular weight is 247 g/mol. The topological polar surface area (TPSA) is 21.7 Å². The standard InChI is InChI=1S/C15H21NO2/c1-16-8-6-11(7-9-16)12-10-18-14-5-3-4-13(17-2)15(12)14/h3-5,11-12H,6-10H2,1-2H3. The molecule has 1 atom stereocenters. The van der Waals surface area contributed by atoms with Crippen LogP contribution in [0.3, 0.4) is 0 Å². The first-order chi connectivity index (χ1) is 8.79. The van der Waals surface area contributed by atoms with Crippen molar-refractivity contribution in [2.75, 3.05) is 33.9 Å². The third-order valence-electron chi connectivity index (χ3n) is 4.37. The molecule has 3 nitrogen and oxygen atoms in total. The minimum atomic E-state index is 0.518. The predicted octanol–water partition coefficient (Wildman–Crippen LogP) is 2.51. The highest BCUT2D eigenvalue weighted by molar-refractivity contribution is 5.50. The minimum absolute atomic E-state index is 0.518. The van der Waals surface area contributed by atoms with E-state index in [0.29, 0.717) is 5.92 Å². The van der Waals surface area contributed by atoms with E-state index in [2.05, 4.69) is 24.1 Å².